The monoisotopic (exact) mass is 230 g/mol. The van der Waals surface area contributed by atoms with Gasteiger partial charge in [0, 0.05) is 17.5 Å². The van der Waals surface area contributed by atoms with Crippen LogP contribution in [0, 0.1) is 0 Å². The maximum absolute atomic E-state index is 5.99. The number of hydrogen-bond donors (Lipinski definition) is 0. The average Bonchev–Trinajstić information content (AvgIpc) is 2.54. The number of ether oxygens (including phenoxy) is 1. The molecule has 0 spiro atoms. The fourth-order valence-electron chi connectivity index (χ4n) is 2.25. The van der Waals surface area contributed by atoms with Crippen molar-refractivity contribution in [2.45, 2.75) is 31.5 Å². The highest BCUT2D eigenvalue weighted by Crippen LogP contribution is 2.44. The zero-order chi connectivity index (χ0) is 9.71. The molecule has 3 nitrogen and oxygen atoms in total. The van der Waals surface area contributed by atoms with E-state index in [9.17, 15) is 0 Å². The van der Waals surface area contributed by atoms with Crippen molar-refractivity contribution in [3.63, 3.8) is 0 Å². The molecule has 2 atom stereocenters. The number of halogens is 2. The molecular weight excluding hydrogens is 223 g/mol. The quantitative estimate of drug-likeness (QED) is 0.688. The van der Waals surface area contributed by atoms with Gasteiger partial charge in [-0.3, -0.25) is 0 Å². The second-order valence-corrected chi connectivity index (χ2v) is 4.42. The summed E-state index contributed by atoms with van der Waals surface area (Å²) in [5.74, 6) is 0. The van der Waals surface area contributed by atoms with E-state index in [-0.39, 0.29) is 6.10 Å². The molecule has 0 amide bonds. The van der Waals surface area contributed by atoms with Crippen LogP contribution >= 0.6 is 23.2 Å². The van der Waals surface area contributed by atoms with E-state index >= 15 is 0 Å². The minimum atomic E-state index is 0.0873. The van der Waals surface area contributed by atoms with Gasteiger partial charge >= 0.3 is 0 Å². The predicted molar refractivity (Wildman–Crippen MR) is 52.6 cm³/mol. The maximum Gasteiger partial charge on any atom is 0.157 e. The molecule has 1 aromatic rings. The van der Waals surface area contributed by atoms with Gasteiger partial charge in [-0.2, -0.15) is 0 Å². The third-order valence-electron chi connectivity index (χ3n) is 2.88. The molecule has 0 radical (unpaired) electrons. The van der Waals surface area contributed by atoms with E-state index in [0.29, 0.717) is 16.4 Å². The molecule has 1 saturated heterocycles. The van der Waals surface area contributed by atoms with Crippen molar-refractivity contribution in [3.05, 3.63) is 21.4 Å². The molecule has 3 heterocycles. The Kier molecular flexibility index (Phi) is 1.94. The van der Waals surface area contributed by atoms with E-state index in [4.69, 9.17) is 27.9 Å². The molecule has 3 rings (SSSR count). The smallest absolute Gasteiger partial charge is 0.157 e. The average molecular weight is 231 g/mol. The van der Waals surface area contributed by atoms with Crippen molar-refractivity contribution in [1.82, 2.24) is 10.2 Å². The molecule has 5 heteroatoms. The van der Waals surface area contributed by atoms with Crippen LogP contribution in [0.2, 0.25) is 10.3 Å². The van der Waals surface area contributed by atoms with Crippen LogP contribution in [0.4, 0.5) is 0 Å². The lowest BCUT2D eigenvalue weighted by molar-refractivity contribution is 0.0320. The molecule has 1 fully saturated rings. The number of fused-ring (bicyclic) bond motifs is 4. The van der Waals surface area contributed by atoms with Gasteiger partial charge in [0.25, 0.3) is 0 Å². The topological polar surface area (TPSA) is 35.0 Å². The van der Waals surface area contributed by atoms with E-state index in [1.807, 2.05) is 0 Å². The fourth-order valence-corrected chi connectivity index (χ4v) is 2.75. The largest absolute Gasteiger partial charge is 0.370 e. The van der Waals surface area contributed by atoms with Crippen LogP contribution in [0.15, 0.2) is 0 Å². The molecule has 2 bridgehead atoms. The van der Waals surface area contributed by atoms with Gasteiger partial charge in [0.15, 0.2) is 10.3 Å². The second-order valence-electron chi connectivity index (χ2n) is 3.70. The first-order chi connectivity index (χ1) is 6.75. The van der Waals surface area contributed by atoms with E-state index in [1.54, 1.807) is 0 Å². The highest BCUT2D eigenvalue weighted by molar-refractivity contribution is 6.32. The molecular formula is C9H8Cl2N2O. The highest BCUT2D eigenvalue weighted by Gasteiger charge is 2.37. The summed E-state index contributed by atoms with van der Waals surface area (Å²) in [5.41, 5.74) is 1.99. The van der Waals surface area contributed by atoms with Crippen LogP contribution < -0.4 is 0 Å². The Morgan fingerprint density at radius 3 is 2.79 bits per heavy atom. The second kappa shape index (κ2) is 3.05. The van der Waals surface area contributed by atoms with E-state index < -0.39 is 0 Å². The molecule has 0 N–H and O–H groups in total. The first-order valence-electron chi connectivity index (χ1n) is 4.61. The molecule has 0 aliphatic carbocycles. The number of hydrogen-bond acceptors (Lipinski definition) is 3. The van der Waals surface area contributed by atoms with Crippen molar-refractivity contribution in [2.24, 2.45) is 0 Å². The summed E-state index contributed by atoms with van der Waals surface area (Å²) in [6.45, 7) is 0. The summed E-state index contributed by atoms with van der Waals surface area (Å²) in [4.78, 5) is 0. The van der Waals surface area contributed by atoms with Crippen molar-refractivity contribution in [2.75, 3.05) is 0 Å². The Morgan fingerprint density at radius 2 is 1.93 bits per heavy atom. The summed E-state index contributed by atoms with van der Waals surface area (Å²) in [7, 11) is 0. The van der Waals surface area contributed by atoms with Crippen LogP contribution in [0.5, 0.6) is 0 Å². The SMILES string of the molecule is Clc1nnc(Cl)c2c1CC1CCC2O1. The maximum atomic E-state index is 5.99. The van der Waals surface area contributed by atoms with Gasteiger partial charge in [0.05, 0.1) is 12.2 Å². The molecule has 1 aromatic heterocycles. The Bertz CT molecular complexity index is 397. The summed E-state index contributed by atoms with van der Waals surface area (Å²) in [6.07, 6.45) is 3.29. The number of rotatable bonds is 0. The predicted octanol–water partition coefficient (Wildman–Crippen LogP) is 2.56. The molecule has 0 saturated carbocycles. The summed E-state index contributed by atoms with van der Waals surface area (Å²) in [6, 6.07) is 0. The summed E-state index contributed by atoms with van der Waals surface area (Å²) in [5, 5.41) is 8.54. The van der Waals surface area contributed by atoms with Crippen LogP contribution in [0.1, 0.15) is 30.1 Å². The van der Waals surface area contributed by atoms with Crippen LogP contribution in [0.3, 0.4) is 0 Å². The van der Waals surface area contributed by atoms with Crippen LogP contribution in [-0.4, -0.2) is 16.3 Å². The van der Waals surface area contributed by atoms with E-state index in [1.165, 1.54) is 0 Å². The van der Waals surface area contributed by atoms with Gasteiger partial charge in [-0.25, -0.2) is 0 Å². The van der Waals surface area contributed by atoms with Gasteiger partial charge in [-0.05, 0) is 12.8 Å². The Balaban J connectivity index is 2.21. The highest BCUT2D eigenvalue weighted by atomic mass is 35.5. The Morgan fingerprint density at radius 1 is 1.14 bits per heavy atom. The lowest BCUT2D eigenvalue weighted by Crippen LogP contribution is -2.19. The minimum absolute atomic E-state index is 0.0873. The first-order valence-corrected chi connectivity index (χ1v) is 5.37. The van der Waals surface area contributed by atoms with Crippen molar-refractivity contribution in [3.8, 4) is 0 Å². The zero-order valence-electron chi connectivity index (χ0n) is 7.33. The van der Waals surface area contributed by atoms with Crippen molar-refractivity contribution < 1.29 is 4.74 Å². The van der Waals surface area contributed by atoms with Gasteiger partial charge in [0.2, 0.25) is 0 Å². The summed E-state index contributed by atoms with van der Waals surface area (Å²) >= 11 is 12.0. The molecule has 74 valence electrons. The van der Waals surface area contributed by atoms with Crippen LogP contribution in [-0.2, 0) is 11.2 Å². The normalized spacial score (nSPS) is 29.0. The van der Waals surface area contributed by atoms with E-state index in [2.05, 4.69) is 10.2 Å². The number of aromatic nitrogens is 2. The van der Waals surface area contributed by atoms with Gasteiger partial charge in [-0.15, -0.1) is 10.2 Å². The lowest BCUT2D eigenvalue weighted by Gasteiger charge is -2.24. The fraction of sp³-hybridized carbons (Fsp3) is 0.556. The first kappa shape index (κ1) is 8.89. The van der Waals surface area contributed by atoms with Gasteiger partial charge in [0.1, 0.15) is 0 Å². The molecule has 2 unspecified atom stereocenters. The summed E-state index contributed by atoms with van der Waals surface area (Å²) < 4.78 is 5.75. The zero-order valence-corrected chi connectivity index (χ0v) is 8.85. The Labute approximate surface area is 91.4 Å². The molecule has 0 aromatic carbocycles. The third-order valence-corrected chi connectivity index (χ3v) is 3.47. The van der Waals surface area contributed by atoms with Gasteiger partial charge in [-0.1, -0.05) is 23.2 Å². The standard InChI is InChI=1S/C9H8Cl2N2O/c10-8-5-3-4-1-2-6(14-4)7(5)9(11)13-12-8/h4,6H,1-3H2. The molecule has 2 aliphatic heterocycles. The molecule has 14 heavy (non-hydrogen) atoms. The van der Waals surface area contributed by atoms with Crippen LogP contribution in [0.25, 0.3) is 0 Å². The van der Waals surface area contributed by atoms with Crippen molar-refractivity contribution in [1.29, 1.82) is 0 Å². The van der Waals surface area contributed by atoms with E-state index in [0.717, 1.165) is 30.4 Å². The Hall–Kier alpha value is -0.380. The lowest BCUT2D eigenvalue weighted by atomic mass is 10.0. The number of nitrogens with zero attached hydrogens (tertiary/aromatic N) is 2. The minimum Gasteiger partial charge on any atom is -0.370 e. The van der Waals surface area contributed by atoms with Crippen molar-refractivity contribution >= 4 is 23.2 Å². The molecule has 2 aliphatic rings. The van der Waals surface area contributed by atoms with Gasteiger partial charge < -0.3 is 4.74 Å². The third kappa shape index (κ3) is 1.16.